The molecule has 4 bridgehead atoms. The molecule has 3 saturated heterocycles. The van der Waals surface area contributed by atoms with Gasteiger partial charge in [-0.1, -0.05) is 0 Å². The Labute approximate surface area is 123 Å². The van der Waals surface area contributed by atoms with Crippen LogP contribution < -0.4 is 11.1 Å². The molecule has 11 heteroatoms. The molecule has 4 aliphatic heterocycles. The number of nitrogens with two attached hydrogens (primary N) is 1. The molecule has 9 N–H and O–H groups in total. The number of ether oxygens (including phenoxy) is 2. The molecule has 22 heavy (non-hydrogen) atoms. The average molecular weight is 319 g/mol. The van der Waals surface area contributed by atoms with Gasteiger partial charge in [0, 0.05) is 0 Å². The Balaban J connectivity index is 1.95. The number of nitrogens with zero attached hydrogens (tertiary/aromatic N) is 1. The minimum Gasteiger partial charge on any atom is -0.393 e. The number of aliphatic hydroxyl groups excluding tert-OH is 4. The highest BCUT2D eigenvalue weighted by Gasteiger charge is 2.82. The maximum Gasteiger partial charge on any atom is 0.311 e. The van der Waals surface area contributed by atoms with E-state index in [-0.39, 0.29) is 5.96 Å². The summed E-state index contributed by atoms with van der Waals surface area (Å²) in [5.41, 5.74) is 1.74. The van der Waals surface area contributed by atoms with Gasteiger partial charge < -0.3 is 51.2 Å². The molecule has 0 aromatic carbocycles. The van der Waals surface area contributed by atoms with Gasteiger partial charge in [0.25, 0.3) is 0 Å². The Morgan fingerprint density at radius 2 is 1.82 bits per heavy atom. The largest absolute Gasteiger partial charge is 0.393 e. The monoisotopic (exact) mass is 319 g/mol. The fourth-order valence-corrected chi connectivity index (χ4v) is 4.24. The van der Waals surface area contributed by atoms with E-state index in [0.717, 1.165) is 0 Å². The maximum absolute atomic E-state index is 10.6. The van der Waals surface area contributed by atoms with Gasteiger partial charge in [-0.05, 0) is 0 Å². The smallest absolute Gasteiger partial charge is 0.311 e. The lowest BCUT2D eigenvalue weighted by Gasteiger charge is -2.71. The minimum atomic E-state index is -2.52. The average Bonchev–Trinajstić information content (AvgIpc) is 2.45. The number of hydrogen-bond acceptors (Lipinski definition) is 11. The van der Waals surface area contributed by atoms with Crippen LogP contribution in [0.1, 0.15) is 0 Å². The summed E-state index contributed by atoms with van der Waals surface area (Å²) in [6.07, 6.45) is -7.77. The highest BCUT2D eigenvalue weighted by Crippen LogP contribution is 2.58. The van der Waals surface area contributed by atoms with Gasteiger partial charge in [0.05, 0.1) is 12.5 Å². The summed E-state index contributed by atoms with van der Waals surface area (Å²) in [5, 5.41) is 64.3. The number of aliphatic imine (C=N–C) groups is 1. The summed E-state index contributed by atoms with van der Waals surface area (Å²) in [5.74, 6) is -3.95. The lowest BCUT2D eigenvalue weighted by Crippen LogP contribution is -2.95. The second-order valence-corrected chi connectivity index (χ2v) is 6.22. The minimum absolute atomic E-state index is 0.250. The fraction of sp³-hybridized carbons (Fsp3) is 0.909. The van der Waals surface area contributed by atoms with Crippen molar-refractivity contribution in [2.24, 2.45) is 16.6 Å². The van der Waals surface area contributed by atoms with Gasteiger partial charge in [-0.2, -0.15) is 0 Å². The van der Waals surface area contributed by atoms with Crippen LogP contribution in [0.15, 0.2) is 4.99 Å². The number of aliphatic hydroxyl groups is 6. The fourth-order valence-electron chi connectivity index (χ4n) is 4.24. The van der Waals surface area contributed by atoms with E-state index < -0.39 is 60.3 Å². The zero-order chi connectivity index (χ0) is 16.1. The topological polar surface area (TPSA) is 190 Å². The van der Waals surface area contributed by atoms with Crippen molar-refractivity contribution in [1.29, 1.82) is 0 Å². The SMILES string of the molecule is NC1=N[C@H](O)C2C3OC4(O)OC([C@@H](O)[C@@]2(N1)[C@@H]4O)[C@@]3(O)CO. The van der Waals surface area contributed by atoms with Crippen LogP contribution in [0.3, 0.4) is 0 Å². The molecule has 5 aliphatic rings. The molecular weight excluding hydrogens is 302 g/mol. The Morgan fingerprint density at radius 3 is 2.45 bits per heavy atom. The van der Waals surface area contributed by atoms with Crippen molar-refractivity contribution < 1.29 is 40.1 Å². The predicted octanol–water partition coefficient (Wildman–Crippen LogP) is -5.52. The Kier molecular flexibility index (Phi) is 2.57. The molecule has 0 aromatic heterocycles. The molecule has 4 unspecified atom stereocenters. The number of rotatable bonds is 1. The van der Waals surface area contributed by atoms with Crippen molar-refractivity contribution in [3.8, 4) is 0 Å². The van der Waals surface area contributed by atoms with Crippen molar-refractivity contribution in [3.63, 3.8) is 0 Å². The third-order valence-electron chi connectivity index (χ3n) is 5.22. The first kappa shape index (κ1) is 14.5. The molecule has 0 aromatic rings. The highest BCUT2D eigenvalue weighted by atomic mass is 16.9. The molecule has 5 rings (SSSR count). The highest BCUT2D eigenvalue weighted by molar-refractivity contribution is 5.80. The van der Waals surface area contributed by atoms with Crippen LogP contribution in [-0.2, 0) is 9.47 Å². The van der Waals surface area contributed by atoms with Gasteiger partial charge in [-0.15, -0.1) is 0 Å². The van der Waals surface area contributed by atoms with Crippen LogP contribution in [-0.4, -0.2) is 91.0 Å². The van der Waals surface area contributed by atoms with E-state index in [1.54, 1.807) is 0 Å². The third-order valence-corrected chi connectivity index (χ3v) is 5.22. The van der Waals surface area contributed by atoms with Gasteiger partial charge in [0.2, 0.25) is 0 Å². The zero-order valence-electron chi connectivity index (χ0n) is 11.2. The lowest BCUT2D eigenvalue weighted by atomic mass is 9.55. The Hall–Kier alpha value is -1.05. The molecular formula is C11H17N3O8. The van der Waals surface area contributed by atoms with Crippen LogP contribution in [0.2, 0.25) is 0 Å². The summed E-state index contributed by atoms with van der Waals surface area (Å²) < 4.78 is 10.3. The molecule has 9 atom stereocenters. The van der Waals surface area contributed by atoms with E-state index in [9.17, 15) is 30.6 Å². The van der Waals surface area contributed by atoms with E-state index in [1.807, 2.05) is 0 Å². The van der Waals surface area contributed by atoms with Crippen LogP contribution in [0.4, 0.5) is 0 Å². The second-order valence-electron chi connectivity index (χ2n) is 6.22. The number of guanidine groups is 1. The second kappa shape index (κ2) is 3.88. The summed E-state index contributed by atoms with van der Waals surface area (Å²) in [6, 6.07) is 0. The number of hydrogen-bond donors (Lipinski definition) is 8. The molecule has 124 valence electrons. The molecule has 0 radical (unpaired) electrons. The lowest BCUT2D eigenvalue weighted by molar-refractivity contribution is -0.548. The van der Waals surface area contributed by atoms with Crippen LogP contribution in [0, 0.1) is 5.92 Å². The first-order chi connectivity index (χ1) is 10.2. The number of nitrogens with one attached hydrogen (secondary N) is 1. The summed E-state index contributed by atoms with van der Waals surface area (Å²) >= 11 is 0. The molecule has 4 fully saturated rings. The van der Waals surface area contributed by atoms with Crippen molar-refractivity contribution >= 4 is 5.96 Å². The first-order valence-corrected chi connectivity index (χ1v) is 6.77. The van der Waals surface area contributed by atoms with Gasteiger partial charge in [-0.3, -0.25) is 0 Å². The zero-order valence-corrected chi connectivity index (χ0v) is 11.2. The molecule has 0 amide bonds. The first-order valence-electron chi connectivity index (χ1n) is 6.77. The van der Waals surface area contributed by atoms with E-state index in [0.29, 0.717) is 0 Å². The molecule has 1 aliphatic carbocycles. The van der Waals surface area contributed by atoms with E-state index in [2.05, 4.69) is 10.3 Å². The van der Waals surface area contributed by atoms with E-state index in [4.69, 9.17) is 15.2 Å². The summed E-state index contributed by atoms with van der Waals surface area (Å²) in [4.78, 5) is 3.70. The summed E-state index contributed by atoms with van der Waals surface area (Å²) in [6.45, 7) is -0.857. The predicted molar refractivity (Wildman–Crippen MR) is 65.7 cm³/mol. The van der Waals surface area contributed by atoms with Gasteiger partial charge in [-0.25, -0.2) is 4.99 Å². The summed E-state index contributed by atoms with van der Waals surface area (Å²) in [7, 11) is 0. The van der Waals surface area contributed by atoms with Gasteiger partial charge >= 0.3 is 5.97 Å². The Bertz CT molecular complexity index is 561. The van der Waals surface area contributed by atoms with Crippen molar-refractivity contribution in [2.75, 3.05) is 6.61 Å². The van der Waals surface area contributed by atoms with Gasteiger partial charge in [0.1, 0.15) is 29.5 Å². The standard InChI is InChI=1S/C11H17N3O8/c12-8-13-6(17)2-4-9(19,1-15)5-3(16)10(2,14-8)7(18)11(20,21-4)22-5/h2-7,15-20H,1H2,(H3,12,13,14)/t2?,3-,4?,5?,6-,7+,9-,10-,11?/m1/s1. The molecule has 1 saturated carbocycles. The van der Waals surface area contributed by atoms with E-state index >= 15 is 0 Å². The quantitative estimate of drug-likeness (QED) is 0.231. The Morgan fingerprint density at radius 1 is 1.18 bits per heavy atom. The maximum atomic E-state index is 10.6. The van der Waals surface area contributed by atoms with Crippen LogP contribution >= 0.6 is 0 Å². The molecule has 1 spiro atoms. The molecule has 4 heterocycles. The third kappa shape index (κ3) is 1.28. The van der Waals surface area contributed by atoms with Crippen molar-refractivity contribution in [2.45, 2.75) is 47.8 Å². The normalized spacial score (nSPS) is 62.4. The van der Waals surface area contributed by atoms with Crippen molar-refractivity contribution in [3.05, 3.63) is 0 Å². The molecule has 11 nitrogen and oxygen atoms in total. The van der Waals surface area contributed by atoms with E-state index in [1.165, 1.54) is 0 Å². The van der Waals surface area contributed by atoms with Crippen molar-refractivity contribution in [1.82, 2.24) is 5.32 Å². The van der Waals surface area contributed by atoms with Crippen LogP contribution in [0.25, 0.3) is 0 Å². The van der Waals surface area contributed by atoms with Gasteiger partial charge in [0.15, 0.2) is 18.3 Å². The van der Waals surface area contributed by atoms with Crippen LogP contribution in [0.5, 0.6) is 0 Å².